The standard InChI is InChI=1S/C11H11NO2S.C9H9NO/c1-7-2-4-8(5-3-7)6-9-10(13)12-11(14)15-9;1-6-5-10-9-3-2-7(11)4-8(6)9/h2-5,9H,6H2,1H3,(H,12,13,14);2-5,10-11H,1H3. The van der Waals surface area contributed by atoms with Gasteiger partial charge in [0.05, 0.1) is 5.25 Å². The molecule has 1 aliphatic heterocycles. The Balaban J connectivity index is 0.000000158. The molecular formula is C20H20N2O3S. The van der Waals surface area contributed by atoms with Gasteiger partial charge in [-0.05, 0) is 49.6 Å². The van der Waals surface area contributed by atoms with Crippen molar-refractivity contribution in [1.82, 2.24) is 10.3 Å². The molecule has 6 heteroatoms. The molecular weight excluding hydrogens is 348 g/mol. The summed E-state index contributed by atoms with van der Waals surface area (Å²) in [7, 11) is 0. The molecule has 26 heavy (non-hydrogen) atoms. The van der Waals surface area contributed by atoms with E-state index >= 15 is 0 Å². The lowest BCUT2D eigenvalue weighted by Gasteiger charge is -2.05. The Labute approximate surface area is 155 Å². The first-order valence-corrected chi connectivity index (χ1v) is 9.14. The van der Waals surface area contributed by atoms with Crippen LogP contribution in [0.25, 0.3) is 10.9 Å². The number of benzene rings is 2. The summed E-state index contributed by atoms with van der Waals surface area (Å²) >= 11 is 1.07. The molecule has 1 atom stereocenters. The minimum atomic E-state index is -0.264. The molecule has 1 unspecified atom stereocenters. The zero-order valence-electron chi connectivity index (χ0n) is 14.6. The van der Waals surface area contributed by atoms with Gasteiger partial charge in [-0.3, -0.25) is 14.9 Å². The number of nitrogens with one attached hydrogen (secondary N) is 2. The molecule has 0 radical (unpaired) electrons. The van der Waals surface area contributed by atoms with E-state index in [2.05, 4.69) is 10.3 Å². The smallest absolute Gasteiger partial charge is 0.286 e. The highest BCUT2D eigenvalue weighted by atomic mass is 32.2. The lowest BCUT2D eigenvalue weighted by atomic mass is 10.1. The lowest BCUT2D eigenvalue weighted by Crippen LogP contribution is -2.25. The second-order valence-electron chi connectivity index (χ2n) is 6.27. The average Bonchev–Trinajstić information content (AvgIpc) is 3.12. The first kappa shape index (κ1) is 18.1. The maximum atomic E-state index is 11.3. The van der Waals surface area contributed by atoms with Crippen molar-refractivity contribution in [1.29, 1.82) is 0 Å². The van der Waals surface area contributed by atoms with E-state index in [1.165, 1.54) is 5.56 Å². The predicted octanol–water partition coefficient (Wildman–Crippen LogP) is 4.07. The zero-order chi connectivity index (χ0) is 18.7. The van der Waals surface area contributed by atoms with Gasteiger partial charge >= 0.3 is 0 Å². The molecule has 5 nitrogen and oxygen atoms in total. The van der Waals surface area contributed by atoms with Crippen LogP contribution >= 0.6 is 11.8 Å². The largest absolute Gasteiger partial charge is 0.508 e. The molecule has 2 heterocycles. The van der Waals surface area contributed by atoms with E-state index < -0.39 is 0 Å². The number of hydrogen-bond donors (Lipinski definition) is 3. The Morgan fingerprint density at radius 3 is 2.46 bits per heavy atom. The number of hydrogen-bond acceptors (Lipinski definition) is 4. The van der Waals surface area contributed by atoms with Crippen molar-refractivity contribution in [3.05, 3.63) is 65.4 Å². The van der Waals surface area contributed by atoms with Crippen LogP contribution in [0.5, 0.6) is 5.75 Å². The topological polar surface area (TPSA) is 82.2 Å². The predicted molar refractivity (Wildman–Crippen MR) is 105 cm³/mol. The number of H-pyrrole nitrogens is 1. The van der Waals surface area contributed by atoms with E-state index in [0.29, 0.717) is 12.2 Å². The van der Waals surface area contributed by atoms with E-state index in [4.69, 9.17) is 5.11 Å². The number of carbonyl (C=O) groups excluding carboxylic acids is 2. The van der Waals surface area contributed by atoms with E-state index in [-0.39, 0.29) is 16.4 Å². The van der Waals surface area contributed by atoms with Crippen molar-refractivity contribution < 1.29 is 14.7 Å². The summed E-state index contributed by atoms with van der Waals surface area (Å²) < 4.78 is 0. The number of thioether (sulfide) groups is 1. The number of phenolic OH excluding ortho intramolecular Hbond substituents is 1. The molecule has 4 rings (SSSR count). The summed E-state index contributed by atoms with van der Waals surface area (Å²) in [4.78, 5) is 25.3. The molecule has 0 aliphatic carbocycles. The van der Waals surface area contributed by atoms with Crippen LogP contribution in [0, 0.1) is 13.8 Å². The van der Waals surface area contributed by atoms with Gasteiger partial charge in [0.15, 0.2) is 0 Å². The highest BCUT2D eigenvalue weighted by Crippen LogP contribution is 2.23. The number of phenols is 1. The van der Waals surface area contributed by atoms with Crippen LogP contribution in [0.2, 0.25) is 0 Å². The van der Waals surface area contributed by atoms with E-state index in [9.17, 15) is 9.59 Å². The van der Waals surface area contributed by atoms with Crippen molar-refractivity contribution in [2.24, 2.45) is 0 Å². The number of aryl methyl sites for hydroxylation is 2. The van der Waals surface area contributed by atoms with Crippen molar-refractivity contribution >= 4 is 33.8 Å². The number of imide groups is 1. The molecule has 0 spiro atoms. The van der Waals surface area contributed by atoms with Crippen LogP contribution in [0.1, 0.15) is 16.7 Å². The Morgan fingerprint density at radius 1 is 1.08 bits per heavy atom. The lowest BCUT2D eigenvalue weighted by molar-refractivity contribution is -0.118. The quantitative estimate of drug-likeness (QED) is 0.637. The SMILES string of the molecule is Cc1c[nH]c2ccc(O)cc12.Cc1ccc(CC2SC(=O)NC2=O)cc1. The molecule has 0 saturated carbocycles. The van der Waals surface area contributed by atoms with Crippen molar-refractivity contribution in [2.45, 2.75) is 25.5 Å². The summed E-state index contributed by atoms with van der Waals surface area (Å²) in [6.45, 7) is 4.03. The van der Waals surface area contributed by atoms with Crippen LogP contribution < -0.4 is 5.32 Å². The number of aromatic nitrogens is 1. The van der Waals surface area contributed by atoms with Gasteiger partial charge in [0.2, 0.25) is 5.91 Å². The fourth-order valence-corrected chi connectivity index (χ4v) is 3.57. The number of aromatic amines is 1. The van der Waals surface area contributed by atoms with Gasteiger partial charge in [0, 0.05) is 17.1 Å². The van der Waals surface area contributed by atoms with Crippen LogP contribution in [0.3, 0.4) is 0 Å². The maximum Gasteiger partial charge on any atom is 0.286 e. The van der Waals surface area contributed by atoms with Crippen LogP contribution in [-0.2, 0) is 11.2 Å². The highest BCUT2D eigenvalue weighted by Gasteiger charge is 2.31. The van der Waals surface area contributed by atoms with Gasteiger partial charge in [-0.2, -0.15) is 0 Å². The van der Waals surface area contributed by atoms with Crippen LogP contribution in [-0.4, -0.2) is 26.5 Å². The molecule has 134 valence electrons. The molecule has 1 fully saturated rings. The van der Waals surface area contributed by atoms with Gasteiger partial charge in [-0.15, -0.1) is 0 Å². The number of fused-ring (bicyclic) bond motifs is 1. The fourth-order valence-electron chi connectivity index (χ4n) is 2.71. The zero-order valence-corrected chi connectivity index (χ0v) is 15.4. The molecule has 2 amide bonds. The molecule has 3 N–H and O–H groups in total. The van der Waals surface area contributed by atoms with Crippen LogP contribution in [0.15, 0.2) is 48.7 Å². The Kier molecular flexibility index (Phi) is 5.32. The van der Waals surface area contributed by atoms with Gasteiger partial charge in [-0.1, -0.05) is 41.6 Å². The van der Waals surface area contributed by atoms with Crippen molar-refractivity contribution in [2.75, 3.05) is 0 Å². The van der Waals surface area contributed by atoms with Crippen molar-refractivity contribution in [3.8, 4) is 5.75 Å². The summed E-state index contributed by atoms with van der Waals surface area (Å²) in [5.74, 6) is 0.144. The fraction of sp³-hybridized carbons (Fsp3) is 0.200. The third-order valence-electron chi connectivity index (χ3n) is 4.18. The molecule has 1 aromatic heterocycles. The highest BCUT2D eigenvalue weighted by molar-refractivity contribution is 8.15. The Morgan fingerprint density at radius 2 is 1.81 bits per heavy atom. The molecule has 1 saturated heterocycles. The summed E-state index contributed by atoms with van der Waals surface area (Å²) in [6, 6.07) is 13.3. The number of carbonyl (C=O) groups is 2. The summed E-state index contributed by atoms with van der Waals surface area (Å²) in [6.07, 6.45) is 2.55. The second kappa shape index (κ2) is 7.66. The monoisotopic (exact) mass is 368 g/mol. The van der Waals surface area contributed by atoms with Crippen LogP contribution in [0.4, 0.5) is 4.79 Å². The Hall–Kier alpha value is -2.73. The molecule has 1 aliphatic rings. The molecule has 3 aromatic rings. The number of amides is 2. The van der Waals surface area contributed by atoms with Gasteiger partial charge in [-0.25, -0.2) is 0 Å². The van der Waals surface area contributed by atoms with Gasteiger partial charge in [0.1, 0.15) is 5.75 Å². The third kappa shape index (κ3) is 4.26. The van der Waals surface area contributed by atoms with E-state index in [0.717, 1.165) is 33.8 Å². The molecule has 2 aromatic carbocycles. The van der Waals surface area contributed by atoms with Crippen molar-refractivity contribution in [3.63, 3.8) is 0 Å². The first-order valence-electron chi connectivity index (χ1n) is 8.26. The number of aromatic hydroxyl groups is 1. The van der Waals surface area contributed by atoms with Gasteiger partial charge < -0.3 is 10.1 Å². The van der Waals surface area contributed by atoms with E-state index in [1.54, 1.807) is 12.1 Å². The minimum Gasteiger partial charge on any atom is -0.508 e. The first-order chi connectivity index (χ1) is 12.4. The second-order valence-corrected chi connectivity index (χ2v) is 7.45. The maximum absolute atomic E-state index is 11.3. The normalized spacial score (nSPS) is 16.3. The van der Waals surface area contributed by atoms with E-state index in [1.807, 2.05) is 50.4 Å². The average molecular weight is 368 g/mol. The Bertz CT molecular complexity index is 947. The summed E-state index contributed by atoms with van der Waals surface area (Å²) in [5.41, 5.74) is 4.51. The number of rotatable bonds is 2. The third-order valence-corrected chi connectivity index (χ3v) is 5.16. The van der Waals surface area contributed by atoms with Gasteiger partial charge in [0.25, 0.3) is 5.24 Å². The minimum absolute atomic E-state index is 0.175. The molecule has 0 bridgehead atoms. The summed E-state index contributed by atoms with van der Waals surface area (Å²) in [5, 5.41) is 12.0.